The van der Waals surface area contributed by atoms with E-state index in [0.29, 0.717) is 13.1 Å². The number of carbonyl (C=O) groups is 2. The van der Waals surface area contributed by atoms with E-state index in [2.05, 4.69) is 0 Å². The van der Waals surface area contributed by atoms with Crippen LogP contribution in [0, 0.1) is 5.92 Å². The van der Waals surface area contributed by atoms with Crippen molar-refractivity contribution in [3.05, 3.63) is 34.9 Å². The summed E-state index contributed by atoms with van der Waals surface area (Å²) in [4.78, 5) is 24.1. The zero-order chi connectivity index (χ0) is 14.5. The van der Waals surface area contributed by atoms with Gasteiger partial charge in [0.2, 0.25) is 5.91 Å². The molecule has 2 rings (SSSR count). The minimum Gasteiger partial charge on any atom is -0.481 e. The second kappa shape index (κ2) is 6.99. The molecule has 1 aromatic rings. The van der Waals surface area contributed by atoms with E-state index < -0.39 is 11.9 Å². The number of likely N-dealkylation sites (tertiary alicyclic amines) is 1. The quantitative estimate of drug-likeness (QED) is 0.820. The van der Waals surface area contributed by atoms with E-state index in [1.54, 1.807) is 16.7 Å². The van der Waals surface area contributed by atoms with Gasteiger partial charge in [0.05, 0.1) is 5.92 Å². The third kappa shape index (κ3) is 3.90. The number of carbonyl (C=O) groups excluding carboxylic acids is 1. The van der Waals surface area contributed by atoms with Gasteiger partial charge in [-0.2, -0.15) is 11.8 Å². The molecule has 1 saturated heterocycles. The summed E-state index contributed by atoms with van der Waals surface area (Å²) in [6.45, 7) is 0.929. The molecule has 1 aliphatic heterocycles. The van der Waals surface area contributed by atoms with E-state index in [-0.39, 0.29) is 12.3 Å². The van der Waals surface area contributed by atoms with Gasteiger partial charge in [-0.1, -0.05) is 29.8 Å². The molecular formula is C14H16ClNO3S. The van der Waals surface area contributed by atoms with Crippen molar-refractivity contribution in [2.24, 2.45) is 5.92 Å². The topological polar surface area (TPSA) is 57.6 Å². The van der Waals surface area contributed by atoms with Crippen molar-refractivity contribution in [1.29, 1.82) is 0 Å². The Morgan fingerprint density at radius 3 is 2.85 bits per heavy atom. The number of amides is 1. The third-order valence-electron chi connectivity index (χ3n) is 3.28. The molecule has 1 amide bonds. The zero-order valence-corrected chi connectivity index (χ0v) is 12.5. The summed E-state index contributed by atoms with van der Waals surface area (Å²) >= 11 is 7.76. The molecule has 0 saturated carbocycles. The van der Waals surface area contributed by atoms with Crippen LogP contribution >= 0.6 is 23.4 Å². The SMILES string of the molecule is O=C(O)C1CC(=O)N(CCSCc2ccccc2Cl)C1. The van der Waals surface area contributed by atoms with Gasteiger partial charge in [0.1, 0.15) is 0 Å². The van der Waals surface area contributed by atoms with Crippen LogP contribution in [0.2, 0.25) is 5.02 Å². The molecule has 20 heavy (non-hydrogen) atoms. The standard InChI is InChI=1S/C14H16ClNO3S/c15-12-4-2-1-3-10(12)9-20-6-5-16-8-11(14(18)19)7-13(16)17/h1-4,11H,5-9H2,(H,18,19). The minimum atomic E-state index is -0.885. The van der Waals surface area contributed by atoms with Crippen molar-refractivity contribution in [2.45, 2.75) is 12.2 Å². The highest BCUT2D eigenvalue weighted by Crippen LogP contribution is 2.22. The predicted octanol–water partition coefficient (Wildman–Crippen LogP) is 2.51. The number of nitrogens with zero attached hydrogens (tertiary/aromatic N) is 1. The Morgan fingerprint density at radius 1 is 1.45 bits per heavy atom. The number of carboxylic acids is 1. The Hall–Kier alpha value is -1.20. The molecule has 1 aromatic carbocycles. The fourth-order valence-corrected chi connectivity index (χ4v) is 3.37. The summed E-state index contributed by atoms with van der Waals surface area (Å²) in [6, 6.07) is 7.68. The van der Waals surface area contributed by atoms with Crippen molar-refractivity contribution in [2.75, 3.05) is 18.8 Å². The zero-order valence-electron chi connectivity index (χ0n) is 10.9. The number of hydrogen-bond acceptors (Lipinski definition) is 3. The molecule has 1 aliphatic rings. The Morgan fingerprint density at radius 2 is 2.20 bits per heavy atom. The van der Waals surface area contributed by atoms with Gasteiger partial charge in [-0.15, -0.1) is 0 Å². The van der Waals surface area contributed by atoms with Gasteiger partial charge in [0.25, 0.3) is 0 Å². The van der Waals surface area contributed by atoms with Gasteiger partial charge in [0, 0.05) is 36.0 Å². The monoisotopic (exact) mass is 313 g/mol. The molecule has 1 N–H and O–H groups in total. The van der Waals surface area contributed by atoms with Crippen LogP contribution in [0.15, 0.2) is 24.3 Å². The van der Waals surface area contributed by atoms with Gasteiger partial charge in [0.15, 0.2) is 0 Å². The maximum atomic E-state index is 11.6. The number of hydrogen-bond donors (Lipinski definition) is 1. The van der Waals surface area contributed by atoms with Crippen molar-refractivity contribution in [1.82, 2.24) is 4.90 Å². The molecule has 0 aromatic heterocycles. The Kier molecular flexibility index (Phi) is 5.31. The van der Waals surface area contributed by atoms with Crippen molar-refractivity contribution < 1.29 is 14.7 Å². The predicted molar refractivity (Wildman–Crippen MR) is 79.9 cm³/mol. The largest absolute Gasteiger partial charge is 0.481 e. The van der Waals surface area contributed by atoms with Gasteiger partial charge in [-0.25, -0.2) is 0 Å². The van der Waals surface area contributed by atoms with Crippen LogP contribution in [0.25, 0.3) is 0 Å². The minimum absolute atomic E-state index is 0.0595. The van der Waals surface area contributed by atoms with Gasteiger partial charge in [-0.05, 0) is 11.6 Å². The summed E-state index contributed by atoms with van der Waals surface area (Å²) in [5.41, 5.74) is 1.08. The Balaban J connectivity index is 1.73. The molecule has 0 aliphatic carbocycles. The fraction of sp³-hybridized carbons (Fsp3) is 0.429. The number of carboxylic acid groups (broad SMARTS) is 1. The number of thioether (sulfide) groups is 1. The summed E-state index contributed by atoms with van der Waals surface area (Å²) in [6.07, 6.45) is 0.129. The highest BCUT2D eigenvalue weighted by molar-refractivity contribution is 7.98. The molecule has 0 radical (unpaired) electrons. The average Bonchev–Trinajstić information content (AvgIpc) is 2.78. The highest BCUT2D eigenvalue weighted by Gasteiger charge is 2.33. The van der Waals surface area contributed by atoms with Gasteiger partial charge < -0.3 is 10.0 Å². The first kappa shape index (κ1) is 15.2. The van der Waals surface area contributed by atoms with Gasteiger partial charge >= 0.3 is 5.97 Å². The molecule has 1 atom stereocenters. The summed E-state index contributed by atoms with van der Waals surface area (Å²) < 4.78 is 0. The van der Waals surface area contributed by atoms with Gasteiger partial charge in [-0.3, -0.25) is 9.59 Å². The van der Waals surface area contributed by atoms with Crippen LogP contribution in [0.3, 0.4) is 0 Å². The summed E-state index contributed by atoms with van der Waals surface area (Å²) in [7, 11) is 0. The lowest BCUT2D eigenvalue weighted by Crippen LogP contribution is -2.28. The van der Waals surface area contributed by atoms with Crippen molar-refractivity contribution in [3.8, 4) is 0 Å². The first-order chi connectivity index (χ1) is 9.58. The molecule has 4 nitrogen and oxygen atoms in total. The maximum Gasteiger partial charge on any atom is 0.308 e. The van der Waals surface area contributed by atoms with E-state index in [0.717, 1.165) is 22.1 Å². The Labute approximate surface area is 127 Å². The molecule has 108 valence electrons. The number of aliphatic carboxylic acids is 1. The van der Waals surface area contributed by atoms with Crippen molar-refractivity contribution in [3.63, 3.8) is 0 Å². The third-order valence-corrected chi connectivity index (χ3v) is 4.64. The van der Waals surface area contributed by atoms with Crippen LogP contribution in [0.4, 0.5) is 0 Å². The molecular weight excluding hydrogens is 298 g/mol. The molecule has 1 unspecified atom stereocenters. The van der Waals surface area contributed by atoms with E-state index in [4.69, 9.17) is 16.7 Å². The average molecular weight is 314 g/mol. The first-order valence-corrected chi connectivity index (χ1v) is 7.93. The normalized spacial score (nSPS) is 18.6. The summed E-state index contributed by atoms with van der Waals surface area (Å²) in [5.74, 6) is 0.0873. The second-order valence-electron chi connectivity index (χ2n) is 4.72. The van der Waals surface area contributed by atoms with E-state index in [1.807, 2.05) is 24.3 Å². The van der Waals surface area contributed by atoms with Crippen LogP contribution in [0.5, 0.6) is 0 Å². The molecule has 1 fully saturated rings. The van der Waals surface area contributed by atoms with E-state index >= 15 is 0 Å². The lowest BCUT2D eigenvalue weighted by molar-refractivity contribution is -0.141. The maximum absolute atomic E-state index is 11.6. The smallest absolute Gasteiger partial charge is 0.308 e. The van der Waals surface area contributed by atoms with E-state index in [9.17, 15) is 9.59 Å². The number of halogens is 1. The van der Waals surface area contributed by atoms with Crippen LogP contribution < -0.4 is 0 Å². The van der Waals surface area contributed by atoms with Crippen LogP contribution in [-0.4, -0.2) is 40.7 Å². The first-order valence-electron chi connectivity index (χ1n) is 6.39. The van der Waals surface area contributed by atoms with Crippen LogP contribution in [0.1, 0.15) is 12.0 Å². The summed E-state index contributed by atoms with van der Waals surface area (Å²) in [5, 5.41) is 9.65. The number of benzene rings is 1. The fourth-order valence-electron chi connectivity index (χ4n) is 2.13. The molecule has 0 bridgehead atoms. The van der Waals surface area contributed by atoms with E-state index in [1.165, 1.54) is 0 Å². The molecule has 6 heteroatoms. The van der Waals surface area contributed by atoms with Crippen LogP contribution in [-0.2, 0) is 15.3 Å². The van der Waals surface area contributed by atoms with Crippen molar-refractivity contribution >= 4 is 35.2 Å². The molecule has 0 spiro atoms. The Bertz CT molecular complexity index is 509. The lowest BCUT2D eigenvalue weighted by atomic mass is 10.1. The lowest BCUT2D eigenvalue weighted by Gasteiger charge is -2.15. The number of rotatable bonds is 6. The molecule has 1 heterocycles. The second-order valence-corrected chi connectivity index (χ2v) is 6.24. The highest BCUT2D eigenvalue weighted by atomic mass is 35.5.